The number of anilines is 1. The number of amides is 1. The predicted octanol–water partition coefficient (Wildman–Crippen LogP) is 4.05. The summed E-state index contributed by atoms with van der Waals surface area (Å²) < 4.78 is 5.78. The minimum absolute atomic E-state index is 0.0886. The molecule has 0 unspecified atom stereocenters. The Hall–Kier alpha value is -1.67. The van der Waals surface area contributed by atoms with Crippen LogP contribution in [0.4, 0.5) is 10.5 Å². The number of aromatic hydroxyl groups is 1. The molecule has 0 aromatic heterocycles. The molecular weight excluding hydrogens is 436 g/mol. The number of amidine groups is 1. The summed E-state index contributed by atoms with van der Waals surface area (Å²) in [4.78, 5) is 16.0. The molecule has 0 bridgehead atoms. The topological polar surface area (TPSA) is 103 Å². The summed E-state index contributed by atoms with van der Waals surface area (Å²) >= 11 is 9.29. The first-order valence-corrected chi connectivity index (χ1v) is 9.82. The third kappa shape index (κ3) is 4.60. The molecule has 0 saturated carbocycles. The summed E-state index contributed by atoms with van der Waals surface area (Å²) in [6, 6.07) is 1.27. The number of nitrogens with one attached hydrogen (secondary N) is 1. The number of hydrogen-bond donors (Lipinski definition) is 3. The van der Waals surface area contributed by atoms with Gasteiger partial charge in [0.2, 0.25) is 0 Å². The summed E-state index contributed by atoms with van der Waals surface area (Å²) in [5.74, 6) is -0.0317. The molecule has 1 aromatic rings. The average molecular weight is 462 g/mol. The van der Waals surface area contributed by atoms with E-state index < -0.39 is 5.60 Å². The summed E-state index contributed by atoms with van der Waals surface area (Å²) in [7, 11) is 0. The van der Waals surface area contributed by atoms with Crippen molar-refractivity contribution in [3.8, 4) is 5.75 Å². The normalized spacial score (nSPS) is 20.6. The predicted molar refractivity (Wildman–Crippen MR) is 111 cm³/mol. The van der Waals surface area contributed by atoms with Gasteiger partial charge >= 0.3 is 6.09 Å². The van der Waals surface area contributed by atoms with Crippen molar-refractivity contribution in [2.45, 2.75) is 52.3 Å². The molecule has 150 valence electrons. The molecule has 7 nitrogen and oxygen atoms in total. The van der Waals surface area contributed by atoms with Crippen LogP contribution < -0.4 is 5.73 Å². The lowest BCUT2D eigenvalue weighted by molar-refractivity contribution is 0.000415. The number of piperazine rings is 1. The first-order chi connectivity index (χ1) is 12.3. The first kappa shape index (κ1) is 21.6. The Morgan fingerprint density at radius 3 is 2.41 bits per heavy atom. The number of nitrogen functional groups attached to an aromatic ring is 1. The van der Waals surface area contributed by atoms with Crippen LogP contribution >= 0.6 is 27.5 Å². The Balaban J connectivity index is 2.23. The fraction of sp³-hybridized carbons (Fsp3) is 0.556. The molecule has 1 saturated heterocycles. The highest BCUT2D eigenvalue weighted by Crippen LogP contribution is 2.39. The maximum Gasteiger partial charge on any atom is 0.410 e. The summed E-state index contributed by atoms with van der Waals surface area (Å²) in [5.41, 5.74) is 5.87. The molecule has 1 amide bonds. The molecule has 1 aromatic carbocycles. The van der Waals surface area contributed by atoms with E-state index in [1.165, 1.54) is 0 Å². The molecule has 1 heterocycles. The molecule has 0 spiro atoms. The minimum atomic E-state index is -0.565. The van der Waals surface area contributed by atoms with Crippen molar-refractivity contribution in [1.29, 1.82) is 5.41 Å². The van der Waals surface area contributed by atoms with Crippen LogP contribution in [-0.4, -0.2) is 57.6 Å². The van der Waals surface area contributed by atoms with Gasteiger partial charge in [-0.2, -0.15) is 0 Å². The maximum atomic E-state index is 12.5. The number of nitrogens with two attached hydrogens (primary N) is 1. The van der Waals surface area contributed by atoms with Crippen molar-refractivity contribution >= 4 is 45.1 Å². The second-order valence-corrected chi connectivity index (χ2v) is 9.01. The molecule has 2 rings (SSSR count). The zero-order chi connectivity index (χ0) is 20.7. The number of phenolic OH excluding ortho intramolecular Hbond substituents is 1. The summed E-state index contributed by atoms with van der Waals surface area (Å²) in [5, 5.41) is 19.0. The van der Waals surface area contributed by atoms with Crippen LogP contribution in [0.15, 0.2) is 10.5 Å². The Morgan fingerprint density at radius 2 is 1.85 bits per heavy atom. The highest BCUT2D eigenvalue weighted by atomic mass is 79.9. The van der Waals surface area contributed by atoms with Crippen LogP contribution in [0.2, 0.25) is 5.02 Å². The lowest BCUT2D eigenvalue weighted by Crippen LogP contribution is -2.60. The van der Waals surface area contributed by atoms with Gasteiger partial charge in [-0.25, -0.2) is 4.79 Å². The van der Waals surface area contributed by atoms with E-state index in [0.717, 1.165) is 0 Å². The van der Waals surface area contributed by atoms with Crippen LogP contribution in [0.5, 0.6) is 5.75 Å². The van der Waals surface area contributed by atoms with Gasteiger partial charge in [0.25, 0.3) is 0 Å². The molecule has 0 aliphatic carbocycles. The molecule has 27 heavy (non-hydrogen) atoms. The van der Waals surface area contributed by atoms with E-state index in [1.54, 1.807) is 11.0 Å². The lowest BCUT2D eigenvalue weighted by Gasteiger charge is -2.45. The molecular formula is C18H26BrClN4O3. The van der Waals surface area contributed by atoms with Gasteiger partial charge in [-0.05, 0) is 56.6 Å². The fourth-order valence-corrected chi connectivity index (χ4v) is 3.52. The van der Waals surface area contributed by atoms with Gasteiger partial charge in [-0.3, -0.25) is 5.41 Å². The van der Waals surface area contributed by atoms with Crippen molar-refractivity contribution in [2.75, 3.05) is 18.8 Å². The SMILES string of the molecule is C[C@@H]1CN(C(=N)c2cc(Cl)c(Br)c(O)c2N)[C@@H](C)CN1C(=O)OC(C)(C)C. The van der Waals surface area contributed by atoms with Gasteiger partial charge in [0.1, 0.15) is 11.4 Å². The minimum Gasteiger partial charge on any atom is -0.505 e. The van der Waals surface area contributed by atoms with E-state index in [1.807, 2.05) is 39.5 Å². The Labute approximate surface area is 173 Å². The maximum absolute atomic E-state index is 12.5. The molecule has 2 atom stereocenters. The third-order valence-corrected chi connectivity index (χ3v) is 5.72. The Bertz CT molecular complexity index is 766. The van der Waals surface area contributed by atoms with Crippen LogP contribution in [-0.2, 0) is 4.74 Å². The van der Waals surface area contributed by atoms with Crippen molar-refractivity contribution < 1.29 is 14.6 Å². The monoisotopic (exact) mass is 460 g/mol. The smallest absolute Gasteiger partial charge is 0.410 e. The van der Waals surface area contributed by atoms with E-state index in [2.05, 4.69) is 15.9 Å². The largest absolute Gasteiger partial charge is 0.505 e. The van der Waals surface area contributed by atoms with E-state index in [-0.39, 0.29) is 40.5 Å². The van der Waals surface area contributed by atoms with Crippen molar-refractivity contribution in [3.05, 3.63) is 21.1 Å². The fourth-order valence-electron chi connectivity index (χ4n) is 2.99. The van der Waals surface area contributed by atoms with Crippen molar-refractivity contribution in [1.82, 2.24) is 9.80 Å². The molecule has 1 fully saturated rings. The van der Waals surface area contributed by atoms with Gasteiger partial charge in [-0.1, -0.05) is 11.6 Å². The van der Waals surface area contributed by atoms with Crippen LogP contribution in [0, 0.1) is 5.41 Å². The van der Waals surface area contributed by atoms with E-state index in [9.17, 15) is 9.90 Å². The van der Waals surface area contributed by atoms with Gasteiger partial charge in [0, 0.05) is 30.7 Å². The van der Waals surface area contributed by atoms with Gasteiger partial charge in [0.15, 0.2) is 5.75 Å². The number of rotatable bonds is 1. The second-order valence-electron chi connectivity index (χ2n) is 7.81. The lowest BCUT2D eigenvalue weighted by atomic mass is 10.0. The number of hydrogen-bond acceptors (Lipinski definition) is 5. The van der Waals surface area contributed by atoms with E-state index >= 15 is 0 Å². The zero-order valence-corrected chi connectivity index (χ0v) is 18.5. The Kier molecular flexibility index (Phi) is 6.21. The van der Waals surface area contributed by atoms with Crippen molar-refractivity contribution in [2.24, 2.45) is 0 Å². The Morgan fingerprint density at radius 1 is 1.33 bits per heavy atom. The molecule has 4 N–H and O–H groups in total. The van der Waals surface area contributed by atoms with Gasteiger partial charge < -0.3 is 25.4 Å². The standard InChI is InChI=1S/C18H26BrClN4O3/c1-9-8-24(17(26)27-18(3,4)5)10(2)7-23(9)16(22)11-6-12(20)13(19)15(25)14(11)21/h6,9-10,22,25H,7-8,21H2,1-5H3/t9-,10+/m0/s1. The van der Waals surface area contributed by atoms with Crippen LogP contribution in [0.25, 0.3) is 0 Å². The van der Waals surface area contributed by atoms with Crippen LogP contribution in [0.1, 0.15) is 40.2 Å². The van der Waals surface area contributed by atoms with Gasteiger partial charge in [0.05, 0.1) is 15.2 Å². The molecule has 1 aliphatic rings. The van der Waals surface area contributed by atoms with Crippen LogP contribution in [0.3, 0.4) is 0 Å². The summed E-state index contributed by atoms with van der Waals surface area (Å²) in [6.45, 7) is 10.2. The molecule has 0 radical (unpaired) electrons. The summed E-state index contributed by atoms with van der Waals surface area (Å²) in [6.07, 6.45) is -0.364. The number of phenols is 1. The number of halogens is 2. The number of benzene rings is 1. The van der Waals surface area contributed by atoms with E-state index in [0.29, 0.717) is 23.1 Å². The first-order valence-electron chi connectivity index (χ1n) is 8.65. The van der Waals surface area contributed by atoms with E-state index in [4.69, 9.17) is 27.5 Å². The number of ether oxygens (including phenoxy) is 1. The molecule has 9 heteroatoms. The third-order valence-electron chi connectivity index (χ3n) is 4.39. The van der Waals surface area contributed by atoms with Crippen molar-refractivity contribution in [3.63, 3.8) is 0 Å². The van der Waals surface area contributed by atoms with Gasteiger partial charge in [-0.15, -0.1) is 0 Å². The highest BCUT2D eigenvalue weighted by Gasteiger charge is 2.36. The highest BCUT2D eigenvalue weighted by molar-refractivity contribution is 9.10. The number of carbonyl (C=O) groups is 1. The molecule has 1 aliphatic heterocycles. The number of carbonyl (C=O) groups excluding carboxylic acids is 1. The quantitative estimate of drug-likeness (QED) is 0.253. The number of nitrogens with zero attached hydrogens (tertiary/aromatic N) is 2. The average Bonchev–Trinajstić information content (AvgIpc) is 2.55. The zero-order valence-electron chi connectivity index (χ0n) is 16.1. The second kappa shape index (κ2) is 7.75.